The Morgan fingerprint density at radius 2 is 1.14 bits per heavy atom. The number of aromatic hydroxyl groups is 1. The number of nitrogens with one attached hydrogen (secondary N) is 8. The number of nitrogens with two attached hydrogens (primary N) is 4. The van der Waals surface area contributed by atoms with E-state index in [2.05, 4.69) is 72.8 Å². The summed E-state index contributed by atoms with van der Waals surface area (Å²) in [7, 11) is 0. The average Bonchev–Trinajstić information content (AvgIpc) is 3.30. The number of nitrogens with zero attached hydrogens (tertiary/aromatic N) is 1. The van der Waals surface area contributed by atoms with E-state index in [1.165, 1.54) is 36.0 Å². The number of rotatable bonds is 33. The number of primary amides is 1. The maximum absolute atomic E-state index is 13.8. The molecule has 390 valence electrons. The molecule has 1 aromatic carbocycles. The molecule has 0 saturated carbocycles. The molecule has 0 spiro atoms. The minimum absolute atomic E-state index is 0.0266. The van der Waals surface area contributed by atoms with E-state index >= 15 is 0 Å². The van der Waals surface area contributed by atoms with E-state index in [0.717, 1.165) is 0 Å². The van der Waals surface area contributed by atoms with Crippen molar-refractivity contribution >= 4 is 108 Å². The number of aliphatic imine (C=N–C) groups is 1. The van der Waals surface area contributed by atoms with E-state index in [0.29, 0.717) is 11.3 Å². The highest BCUT2D eigenvalue weighted by molar-refractivity contribution is 7.98. The van der Waals surface area contributed by atoms with Crippen molar-refractivity contribution in [2.75, 3.05) is 43.2 Å². The molecule has 20 N–H and O–H groups in total. The number of phenolic OH excluding ortho intramolecular Hbond substituents is 1. The monoisotopic (exact) mass is 1050 g/mol. The molecule has 0 fully saturated rings. The maximum Gasteiger partial charge on any atom is 0.327 e. The minimum atomic E-state index is -1.94. The van der Waals surface area contributed by atoms with E-state index in [9.17, 15) is 73.2 Å². The second-order valence-corrected chi connectivity index (χ2v) is 16.8. The van der Waals surface area contributed by atoms with Crippen LogP contribution in [-0.4, -0.2) is 183 Å². The molecule has 1 aromatic rings. The van der Waals surface area contributed by atoms with Crippen molar-refractivity contribution in [3.8, 4) is 5.75 Å². The number of thioether (sulfide) groups is 1. The first-order valence-corrected chi connectivity index (χ1v) is 23.6. The number of amides is 9. The van der Waals surface area contributed by atoms with Gasteiger partial charge in [0.2, 0.25) is 53.2 Å². The van der Waals surface area contributed by atoms with Crippen LogP contribution < -0.4 is 65.5 Å². The molecule has 0 bridgehead atoms. The lowest BCUT2D eigenvalue weighted by atomic mass is 10.0. The first-order valence-electron chi connectivity index (χ1n) is 21.0. The van der Waals surface area contributed by atoms with Gasteiger partial charge in [-0.1, -0.05) is 12.1 Å². The van der Waals surface area contributed by atoms with Gasteiger partial charge in [-0.2, -0.15) is 37.0 Å². The molecule has 0 aliphatic heterocycles. The number of guanidine groups is 1. The Balaban J connectivity index is 3.31. The SMILES string of the molecule is CSCC[C@H](NC(=O)CNC(=O)[C@H](CC(=O)O)NC(=O)[C@H](CO)NC(=O)[C@H](CCCN=C(N)N)NC(=O)[C@H](CC(N)=O)NC(=O)[C@H](Cc1ccc(O)cc1)NC(=O)[C@@H](N)CS)C(=O)N[C@@H](CS)C(=O)O. The van der Waals surface area contributed by atoms with Crippen molar-refractivity contribution in [3.63, 3.8) is 0 Å². The first kappa shape index (κ1) is 61.4. The highest BCUT2D eigenvalue weighted by atomic mass is 32.2. The van der Waals surface area contributed by atoms with E-state index in [1.54, 1.807) is 6.26 Å². The third kappa shape index (κ3) is 23.6. The molecule has 0 radical (unpaired) electrons. The van der Waals surface area contributed by atoms with Gasteiger partial charge in [-0.3, -0.25) is 52.9 Å². The van der Waals surface area contributed by atoms with Crippen LogP contribution in [0.2, 0.25) is 0 Å². The van der Waals surface area contributed by atoms with Gasteiger partial charge < -0.3 is 85.9 Å². The number of carbonyl (C=O) groups is 11. The third-order valence-corrected chi connectivity index (χ3v) is 10.9. The zero-order valence-electron chi connectivity index (χ0n) is 37.8. The molecule has 0 aromatic heterocycles. The van der Waals surface area contributed by atoms with Crippen LogP contribution in [-0.2, 0) is 59.2 Å². The van der Waals surface area contributed by atoms with Crippen molar-refractivity contribution in [1.82, 2.24) is 42.5 Å². The Kier molecular flexibility index (Phi) is 28.3. The number of aliphatic hydroxyl groups excluding tert-OH is 1. The summed E-state index contributed by atoms with van der Waals surface area (Å²) in [5.74, 6) is -13.1. The fourth-order valence-corrected chi connectivity index (χ4v) is 6.67. The predicted octanol–water partition coefficient (Wildman–Crippen LogP) is -7.13. The highest BCUT2D eigenvalue weighted by Gasteiger charge is 2.34. The van der Waals surface area contributed by atoms with Crippen molar-refractivity contribution in [2.24, 2.45) is 27.9 Å². The summed E-state index contributed by atoms with van der Waals surface area (Å²) < 4.78 is 0. The lowest BCUT2D eigenvalue weighted by Gasteiger charge is -2.26. The number of hydrogen-bond donors (Lipinski definition) is 18. The lowest BCUT2D eigenvalue weighted by molar-refractivity contribution is -0.141. The van der Waals surface area contributed by atoms with Crippen LogP contribution in [0.15, 0.2) is 29.3 Å². The van der Waals surface area contributed by atoms with Gasteiger partial charge in [-0.15, -0.1) is 0 Å². The molecule has 0 aliphatic rings. The van der Waals surface area contributed by atoms with Crippen molar-refractivity contribution in [1.29, 1.82) is 0 Å². The van der Waals surface area contributed by atoms with Gasteiger partial charge in [0.1, 0.15) is 48.0 Å². The molecule has 0 aliphatic carbocycles. The summed E-state index contributed by atoms with van der Waals surface area (Å²) in [6.07, 6.45) is -0.703. The van der Waals surface area contributed by atoms with Crippen LogP contribution in [0.3, 0.4) is 0 Å². The molecule has 0 saturated heterocycles. The second-order valence-electron chi connectivity index (χ2n) is 15.1. The van der Waals surface area contributed by atoms with Gasteiger partial charge >= 0.3 is 11.9 Å². The minimum Gasteiger partial charge on any atom is -0.508 e. The molecule has 31 heteroatoms. The van der Waals surface area contributed by atoms with Gasteiger partial charge in [0.05, 0.1) is 32.0 Å². The Bertz CT molecular complexity index is 2030. The average molecular weight is 1050 g/mol. The zero-order valence-corrected chi connectivity index (χ0v) is 40.4. The standard InChI is InChI=1S/C39H61N13O15S3/c1-70-10-8-22(34(62)52-27(17-69)38(66)67)46-29(56)14-45-32(60)25(13-30(57)58)50-37(65)26(15-53)51-33(61)21(3-2-9-44-39(42)43)47-36(64)24(12-28(41)55)49-35(63)23(48-31(59)20(40)16-68)11-18-4-6-19(54)7-5-18/h4-7,20-27,53-54,68-69H,2-3,8-17,40H2,1H3,(H2,41,55)(H,45,60)(H,46,56)(H,47,64)(H,48,59)(H,49,63)(H,50,65)(H,51,61)(H,52,62)(H,57,58)(H,66,67)(H4,42,43,44)/t20-,21-,22-,23-,24-,25-,26-,27-/m0/s1. The van der Waals surface area contributed by atoms with Gasteiger partial charge in [0.25, 0.3) is 0 Å². The second kappa shape index (κ2) is 32.3. The molecule has 70 heavy (non-hydrogen) atoms. The maximum atomic E-state index is 13.8. The number of carboxylic acids is 2. The highest BCUT2D eigenvalue weighted by Crippen LogP contribution is 2.13. The van der Waals surface area contributed by atoms with Crippen molar-refractivity contribution in [2.45, 2.75) is 86.9 Å². The normalized spacial score (nSPS) is 14.2. The van der Waals surface area contributed by atoms with Crippen molar-refractivity contribution in [3.05, 3.63) is 29.8 Å². The number of phenols is 1. The summed E-state index contributed by atoms with van der Waals surface area (Å²) in [6.45, 7) is -2.13. The van der Waals surface area contributed by atoms with E-state index < -0.39 is 139 Å². The number of hydrogen-bond acceptors (Lipinski definition) is 18. The predicted molar refractivity (Wildman–Crippen MR) is 258 cm³/mol. The summed E-state index contributed by atoms with van der Waals surface area (Å²) in [5.41, 5.74) is 22.4. The van der Waals surface area contributed by atoms with Crippen LogP contribution in [0.1, 0.15) is 37.7 Å². The molecule has 1 rings (SSSR count). The summed E-state index contributed by atoms with van der Waals surface area (Å²) in [6, 6.07) is -7.03. The number of aliphatic carboxylic acids is 2. The van der Waals surface area contributed by atoms with Gasteiger partial charge in [-0.25, -0.2) is 4.79 Å². The lowest BCUT2D eigenvalue weighted by Crippen LogP contribution is -2.60. The molecule has 9 amide bonds. The number of benzene rings is 1. The Morgan fingerprint density at radius 3 is 1.66 bits per heavy atom. The number of aliphatic hydroxyl groups is 1. The van der Waals surface area contributed by atoms with Crippen LogP contribution in [0.4, 0.5) is 0 Å². The first-order chi connectivity index (χ1) is 33.0. The molecular weight excluding hydrogens is 987 g/mol. The summed E-state index contributed by atoms with van der Waals surface area (Å²) in [5, 5.41) is 56.6. The quantitative estimate of drug-likeness (QED) is 0.0135. The fraction of sp³-hybridized carbons (Fsp3) is 0.538. The number of carbonyl (C=O) groups excluding carboxylic acids is 9. The Hall–Kier alpha value is -6.57. The smallest absolute Gasteiger partial charge is 0.327 e. The molecule has 0 unspecified atom stereocenters. The van der Waals surface area contributed by atoms with E-state index in [1.807, 2.05) is 0 Å². The number of carboxylic acid groups (broad SMARTS) is 2. The summed E-state index contributed by atoms with van der Waals surface area (Å²) in [4.78, 5) is 145. The van der Waals surface area contributed by atoms with Gasteiger partial charge in [0, 0.05) is 24.5 Å². The Labute approximate surface area is 416 Å². The fourth-order valence-electron chi connectivity index (χ4n) is 5.79. The van der Waals surface area contributed by atoms with Crippen molar-refractivity contribution < 1.29 is 73.2 Å². The van der Waals surface area contributed by atoms with Crippen LogP contribution in [0.5, 0.6) is 5.75 Å². The molecule has 8 atom stereocenters. The zero-order chi connectivity index (χ0) is 53.1. The van der Waals surface area contributed by atoms with Crippen LogP contribution in [0, 0.1) is 0 Å². The third-order valence-electron chi connectivity index (χ3n) is 9.47. The topological polar surface area (TPSA) is 481 Å². The van der Waals surface area contributed by atoms with Gasteiger partial charge in [-0.05, 0) is 49.0 Å². The molecule has 0 heterocycles. The van der Waals surface area contributed by atoms with Crippen LogP contribution >= 0.6 is 37.0 Å². The van der Waals surface area contributed by atoms with Gasteiger partial charge in [0.15, 0.2) is 5.96 Å². The molecule has 28 nitrogen and oxygen atoms in total. The van der Waals surface area contributed by atoms with E-state index in [-0.39, 0.29) is 55.4 Å². The summed E-state index contributed by atoms with van der Waals surface area (Å²) >= 11 is 9.18. The largest absolute Gasteiger partial charge is 0.508 e. The number of thiol groups is 2. The van der Waals surface area contributed by atoms with Crippen LogP contribution in [0.25, 0.3) is 0 Å². The molecular formula is C39H61N13O15S3. The Morgan fingerprint density at radius 1 is 0.643 bits per heavy atom. The van der Waals surface area contributed by atoms with E-state index in [4.69, 9.17) is 22.9 Å².